The highest BCUT2D eigenvalue weighted by atomic mass is 32.2. The van der Waals surface area contributed by atoms with Crippen LogP contribution in [0.2, 0.25) is 0 Å². The van der Waals surface area contributed by atoms with Gasteiger partial charge in [-0.25, -0.2) is 13.2 Å². The van der Waals surface area contributed by atoms with Crippen molar-refractivity contribution in [2.45, 2.75) is 24.3 Å². The average molecular weight is 488 g/mol. The van der Waals surface area contributed by atoms with Gasteiger partial charge in [0, 0.05) is 38.7 Å². The predicted molar refractivity (Wildman–Crippen MR) is 123 cm³/mol. The molecule has 5 rings (SSSR count). The number of rotatable bonds is 4. The summed E-state index contributed by atoms with van der Waals surface area (Å²) in [4.78, 5) is 27.2. The molecule has 0 aliphatic carbocycles. The average Bonchev–Trinajstić information content (AvgIpc) is 3.01. The number of benzene rings is 2. The van der Waals surface area contributed by atoms with Crippen molar-refractivity contribution in [1.82, 2.24) is 13.8 Å². The summed E-state index contributed by atoms with van der Waals surface area (Å²) >= 11 is 0. The third-order valence-electron chi connectivity index (χ3n) is 6.17. The summed E-state index contributed by atoms with van der Waals surface area (Å²) in [5, 5.41) is 0. The molecule has 0 unspecified atom stereocenters. The van der Waals surface area contributed by atoms with Gasteiger partial charge in [-0.2, -0.15) is 4.31 Å². The van der Waals surface area contributed by atoms with Crippen molar-refractivity contribution in [3.05, 3.63) is 53.0 Å². The zero-order valence-corrected chi connectivity index (χ0v) is 19.5. The van der Waals surface area contributed by atoms with Crippen molar-refractivity contribution < 1.29 is 27.1 Å². The first kappa shape index (κ1) is 22.5. The number of hydrogen-bond acceptors (Lipinski definition) is 7. The first-order valence-electron chi connectivity index (χ1n) is 11.1. The van der Waals surface area contributed by atoms with Crippen LogP contribution >= 0.6 is 0 Å². The molecule has 1 saturated heterocycles. The number of fused-ring (bicyclic) bond motifs is 2. The number of nitrogens with zero attached hydrogens (tertiary/aromatic N) is 3. The van der Waals surface area contributed by atoms with Gasteiger partial charge < -0.3 is 18.8 Å². The molecule has 3 aromatic rings. The zero-order chi connectivity index (χ0) is 23.9. The molecule has 3 heterocycles. The second kappa shape index (κ2) is 8.80. The van der Waals surface area contributed by atoms with Crippen LogP contribution in [0.5, 0.6) is 11.5 Å². The van der Waals surface area contributed by atoms with Crippen LogP contribution in [0.15, 0.2) is 56.6 Å². The van der Waals surface area contributed by atoms with Gasteiger partial charge in [-0.15, -0.1) is 0 Å². The van der Waals surface area contributed by atoms with E-state index in [0.29, 0.717) is 35.8 Å². The molecule has 11 heteroatoms. The number of aromatic nitrogens is 1. The molecular formula is C23H25N3O7S. The van der Waals surface area contributed by atoms with E-state index < -0.39 is 21.8 Å². The smallest absolute Gasteiger partial charge is 0.420 e. The number of para-hydroxylation sites is 2. The minimum atomic E-state index is -3.77. The molecule has 1 fully saturated rings. The van der Waals surface area contributed by atoms with Crippen LogP contribution in [0.3, 0.4) is 0 Å². The van der Waals surface area contributed by atoms with Crippen LogP contribution in [0, 0.1) is 0 Å². The third-order valence-corrected chi connectivity index (χ3v) is 8.07. The Balaban J connectivity index is 1.29. The van der Waals surface area contributed by atoms with Gasteiger partial charge in [-0.1, -0.05) is 12.1 Å². The fraction of sp³-hybridized carbons (Fsp3) is 0.391. The Labute approximate surface area is 196 Å². The number of sulfonamides is 1. The maximum Gasteiger partial charge on any atom is 0.420 e. The summed E-state index contributed by atoms with van der Waals surface area (Å²) in [6.07, 6.45) is 0.728. The second-order valence-corrected chi connectivity index (χ2v) is 10.2. The van der Waals surface area contributed by atoms with E-state index in [1.807, 2.05) is 0 Å². The van der Waals surface area contributed by atoms with Crippen molar-refractivity contribution in [3.63, 3.8) is 0 Å². The number of carbonyl (C=O) groups excluding carboxylic acids is 1. The summed E-state index contributed by atoms with van der Waals surface area (Å²) in [5.41, 5.74) is 0.960. The Morgan fingerprint density at radius 3 is 2.44 bits per heavy atom. The number of carbonyl (C=O) groups is 1. The molecule has 1 amide bonds. The zero-order valence-electron chi connectivity index (χ0n) is 18.7. The van der Waals surface area contributed by atoms with Gasteiger partial charge in [-0.05, 0) is 31.2 Å². The maximum atomic E-state index is 13.2. The van der Waals surface area contributed by atoms with E-state index in [-0.39, 0.29) is 37.0 Å². The normalized spacial score (nSPS) is 18.0. The van der Waals surface area contributed by atoms with Crippen molar-refractivity contribution in [1.29, 1.82) is 0 Å². The predicted octanol–water partition coefficient (Wildman–Crippen LogP) is 1.85. The monoisotopic (exact) mass is 487 g/mol. The summed E-state index contributed by atoms with van der Waals surface area (Å²) in [6, 6.07) is 10.8. The highest BCUT2D eigenvalue weighted by Gasteiger charge is 2.33. The molecular weight excluding hydrogens is 462 g/mol. The number of amides is 1. The lowest BCUT2D eigenvalue weighted by molar-refractivity contribution is -0.135. The SMILES string of the molecule is C[C@@H](C(=O)N1CCN(S(=O)(=O)c2ccc3c(c2)OCCCO3)CC1)n1c(=O)oc2ccccc21. The van der Waals surface area contributed by atoms with E-state index in [1.165, 1.54) is 21.0 Å². The lowest BCUT2D eigenvalue weighted by Gasteiger charge is -2.35. The van der Waals surface area contributed by atoms with Crippen molar-refractivity contribution in [3.8, 4) is 11.5 Å². The van der Waals surface area contributed by atoms with Crippen LogP contribution in [0.25, 0.3) is 11.1 Å². The molecule has 1 atom stereocenters. The maximum absolute atomic E-state index is 13.2. The lowest BCUT2D eigenvalue weighted by Crippen LogP contribution is -2.52. The largest absolute Gasteiger partial charge is 0.490 e. The standard InChI is InChI=1S/C23H25N3O7S/c1-16(26-18-5-2-3-6-19(18)33-23(26)28)22(27)24-9-11-25(12-10-24)34(29,30)17-7-8-20-21(15-17)32-14-4-13-31-20/h2-3,5-8,15-16H,4,9-14H2,1H3/t16-/m0/s1. The fourth-order valence-electron chi connectivity index (χ4n) is 4.33. The van der Waals surface area contributed by atoms with E-state index in [2.05, 4.69) is 0 Å². The number of oxazole rings is 1. The minimum absolute atomic E-state index is 0.126. The van der Waals surface area contributed by atoms with E-state index in [9.17, 15) is 18.0 Å². The van der Waals surface area contributed by atoms with Crippen molar-refractivity contribution in [2.24, 2.45) is 0 Å². The molecule has 2 aromatic carbocycles. The van der Waals surface area contributed by atoms with Gasteiger partial charge in [0.05, 0.1) is 23.6 Å². The van der Waals surface area contributed by atoms with Gasteiger partial charge in [0.2, 0.25) is 15.9 Å². The number of hydrogen-bond donors (Lipinski definition) is 0. The fourth-order valence-corrected chi connectivity index (χ4v) is 5.77. The van der Waals surface area contributed by atoms with Crippen LogP contribution in [0.1, 0.15) is 19.4 Å². The lowest BCUT2D eigenvalue weighted by atomic mass is 10.2. The molecule has 0 bridgehead atoms. The number of ether oxygens (including phenoxy) is 2. The van der Waals surface area contributed by atoms with Gasteiger partial charge in [0.25, 0.3) is 0 Å². The minimum Gasteiger partial charge on any atom is -0.490 e. The van der Waals surface area contributed by atoms with E-state index >= 15 is 0 Å². The van der Waals surface area contributed by atoms with E-state index in [1.54, 1.807) is 42.2 Å². The Hall–Kier alpha value is -3.31. The molecule has 10 nitrogen and oxygen atoms in total. The summed E-state index contributed by atoms with van der Waals surface area (Å²) in [5.74, 6) is 0.0841. The van der Waals surface area contributed by atoms with Crippen LogP contribution in [-0.4, -0.2) is 67.5 Å². The summed E-state index contributed by atoms with van der Waals surface area (Å²) in [6.45, 7) is 3.37. The van der Waals surface area contributed by atoms with E-state index in [4.69, 9.17) is 13.9 Å². The molecule has 2 aliphatic rings. The van der Waals surface area contributed by atoms with Crippen molar-refractivity contribution in [2.75, 3.05) is 39.4 Å². The van der Waals surface area contributed by atoms with Crippen molar-refractivity contribution >= 4 is 27.0 Å². The third kappa shape index (κ3) is 3.94. The molecule has 2 aliphatic heterocycles. The summed E-state index contributed by atoms with van der Waals surface area (Å²) < 4.78 is 45.6. The Kier molecular flexibility index (Phi) is 5.82. The summed E-state index contributed by atoms with van der Waals surface area (Å²) in [7, 11) is -3.77. The van der Waals surface area contributed by atoms with Crippen LogP contribution in [0.4, 0.5) is 0 Å². The molecule has 180 valence electrons. The van der Waals surface area contributed by atoms with Gasteiger partial charge in [0.15, 0.2) is 17.1 Å². The molecule has 0 radical (unpaired) electrons. The van der Waals surface area contributed by atoms with Gasteiger partial charge in [0.1, 0.15) is 6.04 Å². The molecule has 0 spiro atoms. The van der Waals surface area contributed by atoms with Gasteiger partial charge in [-0.3, -0.25) is 9.36 Å². The Bertz CT molecular complexity index is 1390. The molecule has 34 heavy (non-hydrogen) atoms. The topological polar surface area (TPSA) is 111 Å². The molecule has 1 aromatic heterocycles. The van der Waals surface area contributed by atoms with Crippen LogP contribution in [-0.2, 0) is 14.8 Å². The number of piperazine rings is 1. The van der Waals surface area contributed by atoms with E-state index in [0.717, 1.165) is 6.42 Å². The second-order valence-electron chi connectivity index (χ2n) is 8.27. The Morgan fingerprint density at radius 2 is 1.68 bits per heavy atom. The first-order chi connectivity index (χ1) is 16.4. The van der Waals surface area contributed by atoms with Gasteiger partial charge >= 0.3 is 5.76 Å². The quantitative estimate of drug-likeness (QED) is 0.552. The molecule has 0 saturated carbocycles. The Morgan fingerprint density at radius 1 is 0.971 bits per heavy atom. The first-order valence-corrected chi connectivity index (χ1v) is 12.6. The molecule has 0 N–H and O–H groups in total. The highest BCUT2D eigenvalue weighted by molar-refractivity contribution is 7.89. The highest BCUT2D eigenvalue weighted by Crippen LogP contribution is 2.33. The van der Waals surface area contributed by atoms with Crippen LogP contribution < -0.4 is 15.2 Å².